The zero-order valence-corrected chi connectivity index (χ0v) is 14.6. The van der Waals surface area contributed by atoms with Crippen LogP contribution in [0.1, 0.15) is 34.1 Å². The first-order valence-corrected chi connectivity index (χ1v) is 8.72. The van der Waals surface area contributed by atoms with E-state index in [4.69, 9.17) is 4.74 Å². The third-order valence-corrected chi connectivity index (χ3v) is 4.64. The number of ether oxygens (including phenoxy) is 1. The maximum Gasteiger partial charge on any atom is 0.343 e. The SMILES string of the molecule is CCOC(=O)c1c[nH]n2c(=O)cc(CN3CCc4ccccc4C3)nc12. The van der Waals surface area contributed by atoms with Gasteiger partial charge in [0.1, 0.15) is 5.56 Å². The Morgan fingerprint density at radius 2 is 2.12 bits per heavy atom. The Kier molecular flexibility index (Phi) is 4.30. The lowest BCUT2D eigenvalue weighted by Crippen LogP contribution is -2.31. The van der Waals surface area contributed by atoms with Crippen molar-refractivity contribution in [1.29, 1.82) is 0 Å². The summed E-state index contributed by atoms with van der Waals surface area (Å²) in [7, 11) is 0. The van der Waals surface area contributed by atoms with E-state index >= 15 is 0 Å². The van der Waals surface area contributed by atoms with Gasteiger partial charge in [0.25, 0.3) is 5.56 Å². The van der Waals surface area contributed by atoms with Crippen molar-refractivity contribution in [2.45, 2.75) is 26.4 Å². The van der Waals surface area contributed by atoms with Crippen molar-refractivity contribution in [3.8, 4) is 0 Å². The van der Waals surface area contributed by atoms with Gasteiger partial charge in [0.05, 0.1) is 12.3 Å². The summed E-state index contributed by atoms with van der Waals surface area (Å²) in [5.41, 5.74) is 3.68. The molecule has 0 unspecified atom stereocenters. The van der Waals surface area contributed by atoms with Gasteiger partial charge < -0.3 is 4.74 Å². The number of carbonyl (C=O) groups excluding carboxylic acids is 1. The molecule has 3 heterocycles. The summed E-state index contributed by atoms with van der Waals surface area (Å²) in [5.74, 6) is -0.484. The number of benzene rings is 1. The number of hydrogen-bond donors (Lipinski definition) is 1. The van der Waals surface area contributed by atoms with Crippen molar-refractivity contribution in [1.82, 2.24) is 19.5 Å². The molecule has 7 heteroatoms. The summed E-state index contributed by atoms with van der Waals surface area (Å²) >= 11 is 0. The van der Waals surface area contributed by atoms with Crippen LogP contribution in [0.15, 0.2) is 41.3 Å². The van der Waals surface area contributed by atoms with Crippen molar-refractivity contribution in [2.24, 2.45) is 0 Å². The molecule has 0 fully saturated rings. The first-order valence-electron chi connectivity index (χ1n) is 8.72. The topological polar surface area (TPSA) is 79.7 Å². The molecule has 3 aromatic rings. The molecule has 1 N–H and O–H groups in total. The van der Waals surface area contributed by atoms with Crippen LogP contribution < -0.4 is 5.56 Å². The second-order valence-corrected chi connectivity index (χ2v) is 6.38. The largest absolute Gasteiger partial charge is 0.462 e. The molecule has 134 valence electrons. The Bertz CT molecular complexity index is 1020. The van der Waals surface area contributed by atoms with Gasteiger partial charge in [-0.3, -0.25) is 14.8 Å². The monoisotopic (exact) mass is 352 g/mol. The highest BCUT2D eigenvalue weighted by Gasteiger charge is 2.19. The van der Waals surface area contributed by atoms with E-state index in [1.807, 2.05) is 6.07 Å². The Labute approximate surface area is 150 Å². The number of hydrogen-bond acceptors (Lipinski definition) is 5. The average Bonchev–Trinajstić information content (AvgIpc) is 3.06. The lowest BCUT2D eigenvalue weighted by Gasteiger charge is -2.28. The average molecular weight is 352 g/mol. The fraction of sp³-hybridized carbons (Fsp3) is 0.316. The van der Waals surface area contributed by atoms with Crippen LogP contribution in [0.5, 0.6) is 0 Å². The number of fused-ring (bicyclic) bond motifs is 2. The summed E-state index contributed by atoms with van der Waals surface area (Å²) in [4.78, 5) is 31.2. The Hall–Kier alpha value is -2.93. The van der Waals surface area contributed by atoms with Gasteiger partial charge in [0.15, 0.2) is 5.65 Å². The van der Waals surface area contributed by atoms with Crippen LogP contribution >= 0.6 is 0 Å². The summed E-state index contributed by atoms with van der Waals surface area (Å²) in [5, 5.41) is 2.77. The molecule has 1 aromatic carbocycles. The number of nitrogens with one attached hydrogen (secondary N) is 1. The van der Waals surface area contributed by atoms with E-state index in [0.717, 1.165) is 19.5 Å². The first-order chi connectivity index (χ1) is 12.7. The first kappa shape index (κ1) is 16.5. The normalized spacial score (nSPS) is 14.3. The summed E-state index contributed by atoms with van der Waals surface area (Å²) < 4.78 is 6.30. The van der Waals surface area contributed by atoms with E-state index in [0.29, 0.717) is 17.9 Å². The Balaban J connectivity index is 1.62. The van der Waals surface area contributed by atoms with Crippen molar-refractivity contribution in [2.75, 3.05) is 13.2 Å². The van der Waals surface area contributed by atoms with Crippen LogP contribution in [0.3, 0.4) is 0 Å². The molecule has 0 amide bonds. The summed E-state index contributed by atoms with van der Waals surface area (Å²) in [6.45, 7) is 4.32. The van der Waals surface area contributed by atoms with Gasteiger partial charge in [-0.25, -0.2) is 14.3 Å². The highest BCUT2D eigenvalue weighted by Crippen LogP contribution is 2.20. The number of aromatic nitrogens is 3. The maximum atomic E-state index is 12.4. The fourth-order valence-corrected chi connectivity index (χ4v) is 3.39. The van der Waals surface area contributed by atoms with E-state index in [1.165, 1.54) is 27.9 Å². The quantitative estimate of drug-likeness (QED) is 0.724. The molecule has 26 heavy (non-hydrogen) atoms. The zero-order chi connectivity index (χ0) is 18.1. The molecule has 0 saturated heterocycles. The number of aromatic amines is 1. The van der Waals surface area contributed by atoms with Crippen LogP contribution in [-0.2, 0) is 24.2 Å². The van der Waals surface area contributed by atoms with E-state index in [2.05, 4.69) is 33.2 Å². The molecule has 4 rings (SSSR count). The van der Waals surface area contributed by atoms with Crippen LogP contribution in [-0.4, -0.2) is 38.6 Å². The molecule has 0 saturated carbocycles. The van der Waals surface area contributed by atoms with Crippen molar-refractivity contribution in [3.05, 3.63) is 69.3 Å². The highest BCUT2D eigenvalue weighted by molar-refractivity contribution is 5.95. The van der Waals surface area contributed by atoms with Gasteiger partial charge in [0, 0.05) is 31.9 Å². The van der Waals surface area contributed by atoms with Gasteiger partial charge in [-0.2, -0.15) is 0 Å². The molecule has 0 aliphatic carbocycles. The van der Waals surface area contributed by atoms with Crippen LogP contribution in [0, 0.1) is 0 Å². The van der Waals surface area contributed by atoms with Gasteiger partial charge in [-0.05, 0) is 24.5 Å². The van der Waals surface area contributed by atoms with Crippen LogP contribution in [0.25, 0.3) is 5.65 Å². The fourth-order valence-electron chi connectivity index (χ4n) is 3.39. The van der Waals surface area contributed by atoms with Crippen molar-refractivity contribution >= 4 is 11.6 Å². The number of nitrogens with zero attached hydrogens (tertiary/aromatic N) is 3. The zero-order valence-electron chi connectivity index (χ0n) is 14.6. The summed E-state index contributed by atoms with van der Waals surface area (Å²) in [6.07, 6.45) is 2.44. The molecule has 0 atom stereocenters. The van der Waals surface area contributed by atoms with Gasteiger partial charge >= 0.3 is 5.97 Å². The molecule has 0 spiro atoms. The van der Waals surface area contributed by atoms with E-state index in [1.54, 1.807) is 6.92 Å². The summed E-state index contributed by atoms with van der Waals surface area (Å²) in [6, 6.07) is 9.92. The molecular formula is C19H20N4O3. The van der Waals surface area contributed by atoms with Crippen LogP contribution in [0.4, 0.5) is 0 Å². The number of H-pyrrole nitrogens is 1. The van der Waals surface area contributed by atoms with Crippen molar-refractivity contribution in [3.63, 3.8) is 0 Å². The van der Waals surface area contributed by atoms with E-state index < -0.39 is 5.97 Å². The molecule has 7 nitrogen and oxygen atoms in total. The molecular weight excluding hydrogens is 332 g/mol. The Morgan fingerprint density at radius 3 is 2.92 bits per heavy atom. The molecule has 0 bridgehead atoms. The Morgan fingerprint density at radius 1 is 1.31 bits per heavy atom. The molecule has 1 aliphatic heterocycles. The lowest BCUT2D eigenvalue weighted by molar-refractivity contribution is 0.0528. The molecule has 2 aromatic heterocycles. The van der Waals surface area contributed by atoms with E-state index in [-0.39, 0.29) is 17.7 Å². The number of esters is 1. The van der Waals surface area contributed by atoms with Gasteiger partial charge in [-0.15, -0.1) is 0 Å². The van der Waals surface area contributed by atoms with Gasteiger partial charge in [-0.1, -0.05) is 24.3 Å². The van der Waals surface area contributed by atoms with Gasteiger partial charge in [0.2, 0.25) is 0 Å². The minimum Gasteiger partial charge on any atom is -0.462 e. The second kappa shape index (κ2) is 6.76. The van der Waals surface area contributed by atoms with Crippen molar-refractivity contribution < 1.29 is 9.53 Å². The number of carbonyl (C=O) groups is 1. The second-order valence-electron chi connectivity index (χ2n) is 6.38. The highest BCUT2D eigenvalue weighted by atomic mass is 16.5. The number of rotatable bonds is 4. The third kappa shape index (κ3) is 3.01. The molecule has 0 radical (unpaired) electrons. The minimum atomic E-state index is -0.484. The minimum absolute atomic E-state index is 0.238. The van der Waals surface area contributed by atoms with Crippen LogP contribution in [0.2, 0.25) is 0 Å². The standard InChI is InChI=1S/C19H20N4O3/c1-2-26-19(25)16-10-20-23-17(24)9-15(21-18(16)23)12-22-8-7-13-5-3-4-6-14(13)11-22/h3-6,9-10,20H,2,7-8,11-12H2,1H3. The lowest BCUT2D eigenvalue weighted by atomic mass is 10.00. The molecule has 1 aliphatic rings. The maximum absolute atomic E-state index is 12.4. The third-order valence-electron chi connectivity index (χ3n) is 4.64. The predicted molar refractivity (Wildman–Crippen MR) is 96.0 cm³/mol. The van der Waals surface area contributed by atoms with E-state index in [9.17, 15) is 9.59 Å². The smallest absolute Gasteiger partial charge is 0.343 e. The predicted octanol–water partition coefficient (Wildman–Crippen LogP) is 1.76.